The van der Waals surface area contributed by atoms with Crippen LogP contribution >= 0.6 is 0 Å². The molecule has 0 spiro atoms. The summed E-state index contributed by atoms with van der Waals surface area (Å²) in [7, 11) is 0. The highest BCUT2D eigenvalue weighted by Gasteiger charge is 2.47. The van der Waals surface area contributed by atoms with Gasteiger partial charge in [0.25, 0.3) is 5.91 Å². The van der Waals surface area contributed by atoms with Gasteiger partial charge in [-0.2, -0.15) is 4.39 Å². The second kappa shape index (κ2) is 10.7. The molecule has 2 fully saturated rings. The Morgan fingerprint density at radius 1 is 1.13 bits per heavy atom. The molecule has 0 radical (unpaired) electrons. The molecule has 1 saturated carbocycles. The molecule has 1 aromatic carbocycles. The Morgan fingerprint density at radius 2 is 1.87 bits per heavy atom. The predicted molar refractivity (Wildman–Crippen MR) is 133 cm³/mol. The number of benzene rings is 1. The van der Waals surface area contributed by atoms with E-state index in [1.165, 1.54) is 35.4 Å². The van der Waals surface area contributed by atoms with E-state index in [1.54, 1.807) is 30.3 Å². The van der Waals surface area contributed by atoms with Crippen LogP contribution in [0.5, 0.6) is 0 Å². The van der Waals surface area contributed by atoms with Crippen molar-refractivity contribution in [3.63, 3.8) is 0 Å². The molecule has 2 aromatic rings. The summed E-state index contributed by atoms with van der Waals surface area (Å²) in [6.07, 6.45) is 1.54. The van der Waals surface area contributed by atoms with Crippen molar-refractivity contribution in [3.8, 4) is 0 Å². The van der Waals surface area contributed by atoms with E-state index in [0.717, 1.165) is 0 Å². The van der Waals surface area contributed by atoms with Crippen LogP contribution in [0.1, 0.15) is 54.5 Å². The van der Waals surface area contributed by atoms with Crippen molar-refractivity contribution in [2.24, 2.45) is 10.9 Å². The van der Waals surface area contributed by atoms with E-state index in [-0.39, 0.29) is 30.6 Å². The number of nitrogens with zero attached hydrogens (tertiary/aromatic N) is 3. The number of alkyl halides is 3. The van der Waals surface area contributed by atoms with Gasteiger partial charge in [0.15, 0.2) is 0 Å². The third kappa shape index (κ3) is 5.91. The van der Waals surface area contributed by atoms with Crippen LogP contribution in [0.15, 0.2) is 59.6 Å². The van der Waals surface area contributed by atoms with E-state index in [4.69, 9.17) is 0 Å². The number of carbonyl (C=O) groups excluding carboxylic acids is 3. The van der Waals surface area contributed by atoms with Gasteiger partial charge in [0, 0.05) is 49.5 Å². The average Bonchev–Trinajstić information content (AvgIpc) is 3.29. The molecule has 2 aliphatic heterocycles. The number of likely N-dealkylation sites (tertiary alicyclic amines) is 1. The molecule has 5 rings (SSSR count). The minimum absolute atomic E-state index is 0.0830. The van der Waals surface area contributed by atoms with Gasteiger partial charge in [0.05, 0.1) is 18.3 Å². The first kappa shape index (κ1) is 26.7. The van der Waals surface area contributed by atoms with E-state index >= 15 is 0 Å². The number of amides is 3. The smallest absolute Gasteiger partial charge is 0.269 e. The highest BCUT2D eigenvalue weighted by molar-refractivity contribution is 5.98. The van der Waals surface area contributed by atoms with Crippen LogP contribution in [0.2, 0.25) is 0 Å². The van der Waals surface area contributed by atoms with Crippen molar-refractivity contribution >= 4 is 23.9 Å². The quantitative estimate of drug-likeness (QED) is 0.422. The second-order valence-corrected chi connectivity index (χ2v) is 10.2. The lowest BCUT2D eigenvalue weighted by atomic mass is 9.77. The maximum absolute atomic E-state index is 14.9. The molecule has 3 amide bonds. The summed E-state index contributed by atoms with van der Waals surface area (Å²) in [5, 5.41) is 2.79. The molecular formula is C28H26F4N4O3. The van der Waals surface area contributed by atoms with Crippen LogP contribution in [0.3, 0.4) is 0 Å². The summed E-state index contributed by atoms with van der Waals surface area (Å²) in [6, 6.07) is 9.48. The van der Waals surface area contributed by atoms with Crippen LogP contribution in [0, 0.1) is 11.9 Å². The largest absolute Gasteiger partial charge is 0.342 e. The number of pyridine rings is 1. The van der Waals surface area contributed by atoms with Crippen LogP contribution < -0.4 is 5.32 Å². The highest BCUT2D eigenvalue weighted by atomic mass is 19.3. The van der Waals surface area contributed by atoms with Gasteiger partial charge in [0.1, 0.15) is 12.2 Å². The van der Waals surface area contributed by atoms with Crippen molar-refractivity contribution in [1.82, 2.24) is 15.2 Å². The molecule has 3 aliphatic rings. The normalized spacial score (nSPS) is 24.9. The zero-order chi connectivity index (χ0) is 27.7. The van der Waals surface area contributed by atoms with Gasteiger partial charge >= 0.3 is 0 Å². The van der Waals surface area contributed by atoms with Crippen molar-refractivity contribution in [2.75, 3.05) is 6.54 Å². The van der Waals surface area contributed by atoms with Crippen LogP contribution in [-0.2, 0) is 14.4 Å². The monoisotopic (exact) mass is 542 g/mol. The summed E-state index contributed by atoms with van der Waals surface area (Å²) in [5.74, 6) is -6.31. The lowest BCUT2D eigenvalue weighted by Crippen LogP contribution is -2.47. The molecule has 39 heavy (non-hydrogen) atoms. The highest BCUT2D eigenvalue weighted by Crippen LogP contribution is 2.48. The first-order chi connectivity index (χ1) is 18.6. The van der Waals surface area contributed by atoms with Gasteiger partial charge < -0.3 is 10.2 Å². The van der Waals surface area contributed by atoms with E-state index in [1.807, 2.05) is 0 Å². The summed E-state index contributed by atoms with van der Waals surface area (Å²) < 4.78 is 56.0. The number of halogens is 4. The Bertz CT molecular complexity index is 1310. The minimum Gasteiger partial charge on any atom is -0.342 e. The topological polar surface area (TPSA) is 91.7 Å². The van der Waals surface area contributed by atoms with Gasteiger partial charge in [-0.1, -0.05) is 42.5 Å². The van der Waals surface area contributed by atoms with Gasteiger partial charge in [-0.25, -0.2) is 23.1 Å². The summed E-state index contributed by atoms with van der Waals surface area (Å²) in [5.41, 5.74) is 0.807. The van der Waals surface area contributed by atoms with Crippen molar-refractivity contribution < 1.29 is 31.9 Å². The number of aliphatic imine (C=N–C) groups is 1. The van der Waals surface area contributed by atoms with Crippen LogP contribution in [0.4, 0.5) is 17.6 Å². The fourth-order valence-electron chi connectivity index (χ4n) is 5.23. The van der Waals surface area contributed by atoms with Crippen LogP contribution in [-0.4, -0.2) is 58.5 Å². The Kier molecular flexibility index (Phi) is 7.33. The standard InChI is InChI=1S/C28H26F4N4O3/c29-19-11-22(36(15-19)24(38)10-16-6-9-23(37)33-14-16)27(39)35-25(17-4-2-1-3-5-17)21-8-7-20(26(30)34-21)18-12-28(31,32)13-18/h1-9,14,16,18-19,22,25H,10-13,15H2,(H,35,39)/t16?,19-,22+,25-/m1/s1. The predicted octanol–water partition coefficient (Wildman–Crippen LogP) is 4.05. The molecule has 1 unspecified atom stereocenters. The molecule has 1 N–H and O–H groups in total. The summed E-state index contributed by atoms with van der Waals surface area (Å²) in [6.45, 7) is -0.257. The van der Waals surface area contributed by atoms with Gasteiger partial charge in [0.2, 0.25) is 23.7 Å². The molecule has 1 aromatic heterocycles. The number of hydrogen-bond acceptors (Lipinski definition) is 4. The zero-order valence-electron chi connectivity index (χ0n) is 20.8. The molecule has 4 atom stereocenters. The molecule has 1 aliphatic carbocycles. The van der Waals surface area contributed by atoms with E-state index in [2.05, 4.69) is 15.3 Å². The molecule has 204 valence electrons. The lowest BCUT2D eigenvalue weighted by Gasteiger charge is -2.35. The number of nitrogens with one attached hydrogen (secondary N) is 1. The molecular weight excluding hydrogens is 516 g/mol. The zero-order valence-corrected chi connectivity index (χ0v) is 20.8. The van der Waals surface area contributed by atoms with Crippen molar-refractivity contribution in [1.29, 1.82) is 0 Å². The number of rotatable bonds is 7. The fraction of sp³-hybridized carbons (Fsp3) is 0.393. The molecule has 0 bridgehead atoms. The van der Waals surface area contributed by atoms with Gasteiger partial charge in [-0.05, 0) is 17.5 Å². The third-order valence-corrected chi connectivity index (χ3v) is 7.31. The van der Waals surface area contributed by atoms with Gasteiger partial charge in [-0.3, -0.25) is 14.4 Å². The summed E-state index contributed by atoms with van der Waals surface area (Å²) >= 11 is 0. The molecule has 3 heterocycles. The molecule has 7 nitrogen and oxygen atoms in total. The van der Waals surface area contributed by atoms with E-state index in [9.17, 15) is 31.9 Å². The number of aromatic nitrogens is 1. The van der Waals surface area contributed by atoms with E-state index in [0.29, 0.717) is 5.56 Å². The van der Waals surface area contributed by atoms with Crippen molar-refractivity contribution in [2.45, 2.75) is 55.8 Å². The fourth-order valence-corrected chi connectivity index (χ4v) is 5.23. The van der Waals surface area contributed by atoms with Crippen LogP contribution in [0.25, 0.3) is 0 Å². The van der Waals surface area contributed by atoms with Gasteiger partial charge in [-0.15, -0.1) is 0 Å². The van der Waals surface area contributed by atoms with Crippen molar-refractivity contribution in [3.05, 3.63) is 77.4 Å². The second-order valence-electron chi connectivity index (χ2n) is 10.2. The number of hydrogen-bond donors (Lipinski definition) is 1. The number of allylic oxidation sites excluding steroid dienone is 1. The minimum atomic E-state index is -2.81. The Balaban J connectivity index is 1.35. The Labute approximate surface area is 222 Å². The van der Waals surface area contributed by atoms with E-state index < -0.39 is 72.5 Å². The Morgan fingerprint density at radius 3 is 2.51 bits per heavy atom. The summed E-state index contributed by atoms with van der Waals surface area (Å²) in [4.78, 5) is 46.5. The average molecular weight is 543 g/mol. The molecule has 1 saturated heterocycles. The Hall–Kier alpha value is -3.89. The number of carbonyl (C=O) groups is 3. The number of dihydropyridines is 1. The maximum atomic E-state index is 14.9. The maximum Gasteiger partial charge on any atom is 0.269 e. The third-order valence-electron chi connectivity index (χ3n) is 7.31. The SMILES string of the molecule is O=C1C=CC(CC(=O)N2C[C@H](F)C[C@H]2C(=O)N[C@H](c2ccccc2)c2ccc(C3CC(F)(F)C3)c(F)n2)C=N1. The first-order valence-corrected chi connectivity index (χ1v) is 12.7. The molecule has 11 heteroatoms. The first-order valence-electron chi connectivity index (χ1n) is 12.7. The lowest BCUT2D eigenvalue weighted by molar-refractivity contribution is -0.138.